The molecule has 2 rings (SSSR count). The van der Waals surface area contributed by atoms with Crippen molar-refractivity contribution in [1.29, 1.82) is 0 Å². The zero-order valence-electron chi connectivity index (χ0n) is 12.9. The van der Waals surface area contributed by atoms with Crippen molar-refractivity contribution in [3.05, 3.63) is 29.8 Å². The van der Waals surface area contributed by atoms with Crippen molar-refractivity contribution in [3.63, 3.8) is 0 Å². The molecule has 0 N–H and O–H groups in total. The first-order chi connectivity index (χ1) is 10.7. The van der Waals surface area contributed by atoms with E-state index in [-0.39, 0.29) is 23.8 Å². The fourth-order valence-corrected chi connectivity index (χ4v) is 3.48. The maximum atomic E-state index is 12.1. The van der Waals surface area contributed by atoms with Crippen LogP contribution in [-0.2, 0) is 14.3 Å². The molecule has 5 nitrogen and oxygen atoms in total. The molecule has 0 bridgehead atoms. The quantitative estimate of drug-likeness (QED) is 0.570. The lowest BCUT2D eigenvalue weighted by Gasteiger charge is -2.24. The summed E-state index contributed by atoms with van der Waals surface area (Å²) in [4.78, 5) is 25.5. The zero-order chi connectivity index (χ0) is 15.9. The van der Waals surface area contributed by atoms with E-state index in [1.165, 1.54) is 11.8 Å². The minimum absolute atomic E-state index is 0.0156. The number of carbonyl (C=O) groups excluding carboxylic acids is 2. The van der Waals surface area contributed by atoms with Crippen molar-refractivity contribution >= 4 is 23.6 Å². The highest BCUT2D eigenvalue weighted by Gasteiger charge is 2.35. The van der Waals surface area contributed by atoms with Gasteiger partial charge in [-0.15, -0.1) is 11.8 Å². The molecule has 1 amide bonds. The number of amides is 1. The molecule has 0 aliphatic carbocycles. The number of nitrogens with zero attached hydrogens (tertiary/aromatic N) is 1. The lowest BCUT2D eigenvalue weighted by molar-refractivity contribution is -0.148. The number of hydrogen-bond acceptors (Lipinski definition) is 5. The van der Waals surface area contributed by atoms with Crippen molar-refractivity contribution in [2.45, 2.75) is 25.1 Å². The Morgan fingerprint density at radius 3 is 2.91 bits per heavy atom. The number of benzene rings is 1. The average Bonchev–Trinajstić information content (AvgIpc) is 2.88. The van der Waals surface area contributed by atoms with Gasteiger partial charge in [0.15, 0.2) is 0 Å². The van der Waals surface area contributed by atoms with E-state index in [4.69, 9.17) is 9.47 Å². The summed E-state index contributed by atoms with van der Waals surface area (Å²) < 4.78 is 10.5. The topological polar surface area (TPSA) is 55.8 Å². The van der Waals surface area contributed by atoms with Crippen molar-refractivity contribution < 1.29 is 19.1 Å². The predicted molar refractivity (Wildman–Crippen MR) is 85.8 cm³/mol. The number of rotatable bonds is 7. The summed E-state index contributed by atoms with van der Waals surface area (Å²) in [6.07, 6.45) is 1.81. The van der Waals surface area contributed by atoms with E-state index in [0.29, 0.717) is 12.4 Å². The normalized spacial score (nSPS) is 17.6. The van der Waals surface area contributed by atoms with Gasteiger partial charge in [-0.05, 0) is 12.5 Å². The molecule has 1 saturated heterocycles. The highest BCUT2D eigenvalue weighted by molar-refractivity contribution is 8.00. The van der Waals surface area contributed by atoms with Crippen molar-refractivity contribution in [2.75, 3.05) is 26.0 Å². The summed E-state index contributed by atoms with van der Waals surface area (Å²) in [5.41, 5.74) is 0.905. The standard InChI is InChI=1S/C16H21NO4S/c1-3-4-9-21-15(19)10-17-14(18)11-22-16(17)12-7-5-6-8-13(12)20-2/h5-8,16H,3-4,9-11H2,1-2H3. The molecule has 0 saturated carbocycles. The number of ether oxygens (including phenoxy) is 2. The lowest BCUT2D eigenvalue weighted by atomic mass is 10.2. The smallest absolute Gasteiger partial charge is 0.325 e. The second-order valence-corrected chi connectivity index (χ2v) is 6.07. The molecule has 1 aliphatic heterocycles. The van der Waals surface area contributed by atoms with Gasteiger partial charge in [-0.1, -0.05) is 31.5 Å². The zero-order valence-corrected chi connectivity index (χ0v) is 13.7. The number of methoxy groups -OCH3 is 1. The minimum Gasteiger partial charge on any atom is -0.496 e. The maximum absolute atomic E-state index is 12.1. The van der Waals surface area contributed by atoms with Crippen LogP contribution in [0.3, 0.4) is 0 Å². The summed E-state index contributed by atoms with van der Waals surface area (Å²) in [6, 6.07) is 7.56. The van der Waals surface area contributed by atoms with Gasteiger partial charge >= 0.3 is 5.97 Å². The molecule has 1 aliphatic rings. The Labute approximate surface area is 135 Å². The Morgan fingerprint density at radius 1 is 1.41 bits per heavy atom. The van der Waals surface area contributed by atoms with Gasteiger partial charge in [0.05, 0.1) is 19.5 Å². The lowest BCUT2D eigenvalue weighted by Crippen LogP contribution is -2.34. The number of esters is 1. The third-order valence-corrected chi connectivity index (χ3v) is 4.67. The first kappa shape index (κ1) is 16.7. The molecular formula is C16H21NO4S. The highest BCUT2D eigenvalue weighted by Crippen LogP contribution is 2.42. The second kappa shape index (κ2) is 8.08. The molecule has 120 valence electrons. The van der Waals surface area contributed by atoms with E-state index in [9.17, 15) is 9.59 Å². The van der Waals surface area contributed by atoms with Crippen LogP contribution in [0.25, 0.3) is 0 Å². The third kappa shape index (κ3) is 3.94. The molecule has 1 unspecified atom stereocenters. The molecule has 0 spiro atoms. The van der Waals surface area contributed by atoms with Crippen LogP contribution in [0.15, 0.2) is 24.3 Å². The molecule has 6 heteroatoms. The first-order valence-electron chi connectivity index (χ1n) is 7.37. The average molecular weight is 323 g/mol. The van der Waals surface area contributed by atoms with E-state index in [2.05, 4.69) is 0 Å². The third-order valence-electron chi connectivity index (χ3n) is 3.43. The summed E-state index contributed by atoms with van der Waals surface area (Å²) in [5.74, 6) is 0.682. The summed E-state index contributed by atoms with van der Waals surface area (Å²) in [5, 5.41) is -0.206. The van der Waals surface area contributed by atoms with Crippen LogP contribution in [0, 0.1) is 0 Å². The Bertz CT molecular complexity index is 535. The number of thioether (sulfide) groups is 1. The van der Waals surface area contributed by atoms with Crippen LogP contribution in [-0.4, -0.2) is 42.8 Å². The maximum Gasteiger partial charge on any atom is 0.325 e. The number of carbonyl (C=O) groups is 2. The van der Waals surface area contributed by atoms with E-state index in [0.717, 1.165) is 24.2 Å². The predicted octanol–water partition coefficient (Wildman–Crippen LogP) is 2.61. The van der Waals surface area contributed by atoms with Gasteiger partial charge in [0.2, 0.25) is 5.91 Å². The molecule has 1 aromatic rings. The van der Waals surface area contributed by atoms with E-state index >= 15 is 0 Å². The van der Waals surface area contributed by atoms with Crippen LogP contribution < -0.4 is 4.74 Å². The van der Waals surface area contributed by atoms with E-state index in [1.807, 2.05) is 31.2 Å². The van der Waals surface area contributed by atoms with Gasteiger partial charge in [-0.3, -0.25) is 9.59 Å². The largest absolute Gasteiger partial charge is 0.496 e. The van der Waals surface area contributed by atoms with E-state index in [1.54, 1.807) is 12.0 Å². The molecule has 1 heterocycles. The number of unbranched alkanes of at least 4 members (excludes halogenated alkanes) is 1. The van der Waals surface area contributed by atoms with Crippen LogP contribution in [0.2, 0.25) is 0 Å². The van der Waals surface area contributed by atoms with Gasteiger partial charge in [0.1, 0.15) is 17.7 Å². The molecule has 1 aromatic carbocycles. The van der Waals surface area contributed by atoms with Gasteiger partial charge in [-0.2, -0.15) is 0 Å². The highest BCUT2D eigenvalue weighted by atomic mass is 32.2. The van der Waals surface area contributed by atoms with Gasteiger partial charge in [0.25, 0.3) is 0 Å². The molecule has 0 radical (unpaired) electrons. The van der Waals surface area contributed by atoms with Gasteiger partial charge in [-0.25, -0.2) is 0 Å². The fraction of sp³-hybridized carbons (Fsp3) is 0.500. The van der Waals surface area contributed by atoms with Gasteiger partial charge < -0.3 is 14.4 Å². The van der Waals surface area contributed by atoms with Crippen LogP contribution >= 0.6 is 11.8 Å². The van der Waals surface area contributed by atoms with Crippen molar-refractivity contribution in [1.82, 2.24) is 4.90 Å². The molecule has 1 fully saturated rings. The Hall–Kier alpha value is -1.69. The SMILES string of the molecule is CCCCOC(=O)CN1C(=O)CSC1c1ccccc1OC. The summed E-state index contributed by atoms with van der Waals surface area (Å²) >= 11 is 1.50. The molecule has 1 atom stereocenters. The van der Waals surface area contributed by atoms with Crippen LogP contribution in [0.5, 0.6) is 5.75 Å². The number of hydrogen-bond donors (Lipinski definition) is 0. The van der Waals surface area contributed by atoms with Crippen molar-refractivity contribution in [2.24, 2.45) is 0 Å². The minimum atomic E-state index is -0.357. The van der Waals surface area contributed by atoms with Crippen LogP contribution in [0.1, 0.15) is 30.7 Å². The Kier molecular flexibility index (Phi) is 6.12. The summed E-state index contributed by atoms with van der Waals surface area (Å²) in [6.45, 7) is 2.42. The first-order valence-corrected chi connectivity index (χ1v) is 8.41. The monoisotopic (exact) mass is 323 g/mol. The molecular weight excluding hydrogens is 302 g/mol. The second-order valence-electron chi connectivity index (χ2n) is 5.00. The summed E-state index contributed by atoms with van der Waals surface area (Å²) in [7, 11) is 1.60. The van der Waals surface area contributed by atoms with Crippen molar-refractivity contribution in [3.8, 4) is 5.75 Å². The molecule has 22 heavy (non-hydrogen) atoms. The number of para-hydroxylation sites is 1. The Morgan fingerprint density at radius 2 is 2.18 bits per heavy atom. The van der Waals surface area contributed by atoms with Gasteiger partial charge in [0, 0.05) is 5.56 Å². The van der Waals surface area contributed by atoms with E-state index < -0.39 is 0 Å². The molecule has 0 aromatic heterocycles. The fourth-order valence-electron chi connectivity index (χ4n) is 2.27. The van der Waals surface area contributed by atoms with Crippen LogP contribution in [0.4, 0.5) is 0 Å². The Balaban J connectivity index is 2.08.